The van der Waals surface area contributed by atoms with Gasteiger partial charge < -0.3 is 5.32 Å². The lowest BCUT2D eigenvalue weighted by molar-refractivity contribution is -0.118. The number of unbranched alkanes of at least 4 members (excludes halogenated alkanes) is 2. The molecule has 0 bridgehead atoms. The van der Waals surface area contributed by atoms with E-state index in [1.807, 2.05) is 12.3 Å². The molecule has 0 aliphatic rings. The Labute approximate surface area is 105 Å². The second-order valence-corrected chi connectivity index (χ2v) is 5.68. The standard InChI is InChI=1S/C11H18N2OS2/c1-3-4-5-6-12-10(14)8-16-11-13-9(2)7-15-11/h7H,3-6,8H2,1-2H3,(H,12,14). The van der Waals surface area contributed by atoms with Crippen LogP contribution in [-0.4, -0.2) is 23.2 Å². The van der Waals surface area contributed by atoms with Gasteiger partial charge in [-0.05, 0) is 13.3 Å². The van der Waals surface area contributed by atoms with Crippen LogP contribution in [0.25, 0.3) is 0 Å². The van der Waals surface area contributed by atoms with Crippen molar-refractivity contribution in [2.45, 2.75) is 37.4 Å². The highest BCUT2D eigenvalue weighted by atomic mass is 32.2. The van der Waals surface area contributed by atoms with E-state index in [0.29, 0.717) is 5.75 Å². The first kappa shape index (κ1) is 13.5. The molecule has 1 N–H and O–H groups in total. The molecule has 1 rings (SSSR count). The van der Waals surface area contributed by atoms with E-state index in [1.54, 1.807) is 11.3 Å². The van der Waals surface area contributed by atoms with E-state index in [0.717, 1.165) is 23.0 Å². The van der Waals surface area contributed by atoms with Crippen molar-refractivity contribution in [3.8, 4) is 0 Å². The third kappa shape index (κ3) is 5.51. The van der Waals surface area contributed by atoms with Gasteiger partial charge in [0, 0.05) is 17.6 Å². The van der Waals surface area contributed by atoms with E-state index in [1.165, 1.54) is 24.6 Å². The molecular formula is C11H18N2OS2. The molecule has 0 unspecified atom stereocenters. The van der Waals surface area contributed by atoms with Gasteiger partial charge in [0.25, 0.3) is 0 Å². The smallest absolute Gasteiger partial charge is 0.230 e. The highest BCUT2D eigenvalue weighted by Gasteiger charge is 2.04. The summed E-state index contributed by atoms with van der Waals surface area (Å²) in [5, 5.41) is 4.91. The average Bonchev–Trinajstić information content (AvgIpc) is 2.68. The van der Waals surface area contributed by atoms with Gasteiger partial charge in [-0.3, -0.25) is 4.79 Å². The first-order valence-electron chi connectivity index (χ1n) is 5.54. The van der Waals surface area contributed by atoms with Crippen LogP contribution in [0.4, 0.5) is 0 Å². The summed E-state index contributed by atoms with van der Waals surface area (Å²) in [7, 11) is 0. The number of amides is 1. The van der Waals surface area contributed by atoms with Gasteiger partial charge in [-0.1, -0.05) is 31.5 Å². The van der Waals surface area contributed by atoms with Crippen LogP contribution in [0.3, 0.4) is 0 Å². The van der Waals surface area contributed by atoms with Gasteiger partial charge in [0.1, 0.15) is 0 Å². The molecule has 0 radical (unpaired) electrons. The van der Waals surface area contributed by atoms with Crippen LogP contribution in [0, 0.1) is 6.92 Å². The highest BCUT2D eigenvalue weighted by Crippen LogP contribution is 2.21. The van der Waals surface area contributed by atoms with Crippen molar-refractivity contribution in [1.29, 1.82) is 0 Å². The lowest BCUT2D eigenvalue weighted by Gasteiger charge is -2.02. The zero-order valence-corrected chi connectivity index (χ0v) is 11.4. The maximum Gasteiger partial charge on any atom is 0.230 e. The molecule has 5 heteroatoms. The SMILES string of the molecule is CCCCCNC(=O)CSc1nc(C)cs1. The zero-order chi connectivity index (χ0) is 11.8. The molecule has 1 aromatic heterocycles. The van der Waals surface area contributed by atoms with E-state index >= 15 is 0 Å². The topological polar surface area (TPSA) is 42.0 Å². The third-order valence-electron chi connectivity index (χ3n) is 2.03. The quantitative estimate of drug-likeness (QED) is 0.604. The predicted octanol–water partition coefficient (Wildman–Crippen LogP) is 2.85. The molecule has 90 valence electrons. The number of thiazole rings is 1. The Morgan fingerprint density at radius 2 is 2.38 bits per heavy atom. The van der Waals surface area contributed by atoms with Gasteiger partial charge in [0.05, 0.1) is 5.75 Å². The maximum absolute atomic E-state index is 11.4. The summed E-state index contributed by atoms with van der Waals surface area (Å²) in [4.78, 5) is 15.7. The summed E-state index contributed by atoms with van der Waals surface area (Å²) in [5.41, 5.74) is 1.02. The lowest BCUT2D eigenvalue weighted by atomic mass is 10.2. The summed E-state index contributed by atoms with van der Waals surface area (Å²) in [5.74, 6) is 0.577. The second kappa shape index (κ2) is 7.68. The zero-order valence-electron chi connectivity index (χ0n) is 9.78. The van der Waals surface area contributed by atoms with Crippen LogP contribution >= 0.6 is 23.1 Å². The van der Waals surface area contributed by atoms with E-state index in [-0.39, 0.29) is 5.91 Å². The molecule has 16 heavy (non-hydrogen) atoms. The van der Waals surface area contributed by atoms with Crippen molar-refractivity contribution >= 4 is 29.0 Å². The molecule has 3 nitrogen and oxygen atoms in total. The molecule has 0 fully saturated rings. The average molecular weight is 258 g/mol. The van der Waals surface area contributed by atoms with Crippen molar-refractivity contribution < 1.29 is 4.79 Å². The normalized spacial score (nSPS) is 10.4. The molecule has 0 saturated carbocycles. The number of aromatic nitrogens is 1. The van der Waals surface area contributed by atoms with E-state index in [2.05, 4.69) is 17.2 Å². The van der Waals surface area contributed by atoms with Gasteiger partial charge in [0.15, 0.2) is 4.34 Å². The van der Waals surface area contributed by atoms with Crippen molar-refractivity contribution in [2.24, 2.45) is 0 Å². The molecule has 0 aliphatic heterocycles. The summed E-state index contributed by atoms with van der Waals surface area (Å²) >= 11 is 3.10. The van der Waals surface area contributed by atoms with Gasteiger partial charge in [-0.2, -0.15) is 0 Å². The second-order valence-electron chi connectivity index (χ2n) is 3.60. The predicted molar refractivity (Wildman–Crippen MR) is 70.1 cm³/mol. The third-order valence-corrected chi connectivity index (χ3v) is 4.17. The molecule has 0 saturated heterocycles. The van der Waals surface area contributed by atoms with Crippen molar-refractivity contribution in [2.75, 3.05) is 12.3 Å². The van der Waals surface area contributed by atoms with Gasteiger partial charge in [0.2, 0.25) is 5.91 Å². The summed E-state index contributed by atoms with van der Waals surface area (Å²) in [6, 6.07) is 0. The van der Waals surface area contributed by atoms with Crippen molar-refractivity contribution in [3.05, 3.63) is 11.1 Å². The molecule has 1 heterocycles. The lowest BCUT2D eigenvalue weighted by Crippen LogP contribution is -2.26. The first-order valence-corrected chi connectivity index (χ1v) is 7.40. The van der Waals surface area contributed by atoms with Crippen molar-refractivity contribution in [1.82, 2.24) is 10.3 Å². The van der Waals surface area contributed by atoms with Crippen LogP contribution in [0.1, 0.15) is 31.9 Å². The largest absolute Gasteiger partial charge is 0.355 e. The van der Waals surface area contributed by atoms with E-state index in [4.69, 9.17) is 0 Å². The van der Waals surface area contributed by atoms with Crippen LogP contribution in [0.5, 0.6) is 0 Å². The number of carbonyl (C=O) groups excluding carboxylic acids is 1. The monoisotopic (exact) mass is 258 g/mol. The van der Waals surface area contributed by atoms with E-state index < -0.39 is 0 Å². The van der Waals surface area contributed by atoms with Crippen LogP contribution in [0.15, 0.2) is 9.72 Å². The minimum absolute atomic E-state index is 0.106. The molecular weight excluding hydrogens is 240 g/mol. The number of carbonyl (C=O) groups is 1. The minimum atomic E-state index is 0.106. The fourth-order valence-corrected chi connectivity index (χ4v) is 2.86. The first-order chi connectivity index (χ1) is 7.72. The maximum atomic E-state index is 11.4. The van der Waals surface area contributed by atoms with Gasteiger partial charge in [-0.25, -0.2) is 4.98 Å². The molecule has 0 spiro atoms. The Hall–Kier alpha value is -0.550. The fraction of sp³-hybridized carbons (Fsp3) is 0.636. The Bertz CT molecular complexity index is 326. The summed E-state index contributed by atoms with van der Waals surface area (Å²) < 4.78 is 0.973. The summed E-state index contributed by atoms with van der Waals surface area (Å²) in [6.07, 6.45) is 3.44. The molecule has 0 aromatic carbocycles. The number of nitrogens with one attached hydrogen (secondary N) is 1. The van der Waals surface area contributed by atoms with Crippen LogP contribution in [-0.2, 0) is 4.79 Å². The summed E-state index contributed by atoms with van der Waals surface area (Å²) in [6.45, 7) is 4.91. The molecule has 1 aromatic rings. The Kier molecular flexibility index (Phi) is 6.49. The molecule has 0 atom stereocenters. The van der Waals surface area contributed by atoms with Crippen LogP contribution in [0.2, 0.25) is 0 Å². The Balaban J connectivity index is 2.10. The van der Waals surface area contributed by atoms with Crippen molar-refractivity contribution in [3.63, 3.8) is 0 Å². The number of hydrogen-bond acceptors (Lipinski definition) is 4. The molecule has 0 aliphatic carbocycles. The van der Waals surface area contributed by atoms with E-state index in [9.17, 15) is 4.79 Å². The fourth-order valence-electron chi connectivity index (χ4n) is 1.18. The number of nitrogens with zero attached hydrogens (tertiary/aromatic N) is 1. The van der Waals surface area contributed by atoms with Gasteiger partial charge in [-0.15, -0.1) is 11.3 Å². The number of rotatable bonds is 7. The highest BCUT2D eigenvalue weighted by molar-refractivity contribution is 8.01. The molecule has 1 amide bonds. The number of thioether (sulfide) groups is 1. The van der Waals surface area contributed by atoms with Crippen LogP contribution < -0.4 is 5.32 Å². The minimum Gasteiger partial charge on any atom is -0.355 e. The van der Waals surface area contributed by atoms with Gasteiger partial charge >= 0.3 is 0 Å². The number of hydrogen-bond donors (Lipinski definition) is 1. The number of aryl methyl sites for hydroxylation is 1. The Morgan fingerprint density at radius 1 is 1.56 bits per heavy atom. The Morgan fingerprint density at radius 3 is 3.00 bits per heavy atom.